The summed E-state index contributed by atoms with van der Waals surface area (Å²) in [6.07, 6.45) is 4.45. The van der Waals surface area contributed by atoms with E-state index in [1.54, 1.807) is 6.33 Å². The summed E-state index contributed by atoms with van der Waals surface area (Å²) >= 11 is 0. The highest BCUT2D eigenvalue weighted by molar-refractivity contribution is 5.57. The molecule has 1 aliphatic carbocycles. The van der Waals surface area contributed by atoms with E-state index in [0.29, 0.717) is 11.9 Å². The summed E-state index contributed by atoms with van der Waals surface area (Å²) in [7, 11) is 0. The first-order chi connectivity index (χ1) is 9.81. The Labute approximate surface area is 118 Å². The van der Waals surface area contributed by atoms with Crippen molar-refractivity contribution in [1.29, 1.82) is 0 Å². The van der Waals surface area contributed by atoms with E-state index in [1.807, 2.05) is 0 Å². The van der Waals surface area contributed by atoms with Gasteiger partial charge in [-0.05, 0) is 30.4 Å². The number of nitrogen functional groups attached to an aromatic ring is 1. The van der Waals surface area contributed by atoms with Crippen LogP contribution in [0, 0.1) is 0 Å². The zero-order valence-electron chi connectivity index (χ0n) is 11.6. The summed E-state index contributed by atoms with van der Waals surface area (Å²) < 4.78 is 0. The van der Waals surface area contributed by atoms with Gasteiger partial charge >= 0.3 is 0 Å². The molecule has 0 spiro atoms. The van der Waals surface area contributed by atoms with Crippen LogP contribution in [0.3, 0.4) is 0 Å². The Balaban J connectivity index is 1.80. The maximum atomic E-state index is 5.50. The highest BCUT2D eigenvalue weighted by Crippen LogP contribution is 2.26. The number of rotatable bonds is 4. The van der Waals surface area contributed by atoms with Gasteiger partial charge in [0.15, 0.2) is 0 Å². The molecule has 0 amide bonds. The van der Waals surface area contributed by atoms with Gasteiger partial charge in [-0.3, -0.25) is 0 Å². The molecule has 5 nitrogen and oxygen atoms in total. The molecule has 0 radical (unpaired) electrons. The van der Waals surface area contributed by atoms with Crippen molar-refractivity contribution >= 4 is 11.6 Å². The minimum absolute atomic E-state index is 0.387. The lowest BCUT2D eigenvalue weighted by atomic mass is 10.1. The number of hydrogen-bond donors (Lipinski definition) is 3. The van der Waals surface area contributed by atoms with Crippen LogP contribution >= 0.6 is 0 Å². The van der Waals surface area contributed by atoms with Gasteiger partial charge in [0.1, 0.15) is 18.0 Å². The summed E-state index contributed by atoms with van der Waals surface area (Å²) in [6.45, 7) is 2.08. The lowest BCUT2D eigenvalue weighted by Gasteiger charge is -2.17. The number of nitrogens with one attached hydrogen (secondary N) is 2. The van der Waals surface area contributed by atoms with Crippen LogP contribution in [-0.4, -0.2) is 16.0 Å². The van der Waals surface area contributed by atoms with Crippen molar-refractivity contribution in [2.24, 2.45) is 5.84 Å². The fourth-order valence-electron chi connectivity index (χ4n) is 2.85. The zero-order valence-corrected chi connectivity index (χ0v) is 11.6. The molecule has 0 aliphatic heterocycles. The van der Waals surface area contributed by atoms with Gasteiger partial charge in [0.25, 0.3) is 0 Å². The van der Waals surface area contributed by atoms with Crippen LogP contribution in [0.5, 0.6) is 0 Å². The Morgan fingerprint density at radius 2 is 1.80 bits per heavy atom. The van der Waals surface area contributed by atoms with Crippen LogP contribution in [0.25, 0.3) is 0 Å². The monoisotopic (exact) mass is 269 g/mol. The molecular formula is C15H19N5. The van der Waals surface area contributed by atoms with Crippen molar-refractivity contribution in [3.05, 3.63) is 47.3 Å². The van der Waals surface area contributed by atoms with Crippen molar-refractivity contribution in [2.45, 2.75) is 32.2 Å². The molecule has 0 fully saturated rings. The average Bonchev–Trinajstić information content (AvgIpc) is 2.89. The normalized spacial score (nSPS) is 14.1. The fourth-order valence-corrected chi connectivity index (χ4v) is 2.85. The van der Waals surface area contributed by atoms with Crippen LogP contribution in [0.1, 0.15) is 23.6 Å². The van der Waals surface area contributed by atoms with Crippen LogP contribution in [0.4, 0.5) is 11.6 Å². The van der Waals surface area contributed by atoms with Gasteiger partial charge < -0.3 is 10.7 Å². The fraction of sp³-hybridized carbons (Fsp3) is 0.333. The standard InChI is InChI=1S/C15H19N5/c1-2-13-14(17-9-18-15(13)20-16)19-12-7-10-5-3-4-6-11(10)8-12/h3-6,9,12H,2,7-8,16H2,1H3,(H2,17,18,19,20). The number of hydrogen-bond acceptors (Lipinski definition) is 5. The predicted octanol–water partition coefficient (Wildman–Crippen LogP) is 1.90. The highest BCUT2D eigenvalue weighted by atomic mass is 15.3. The molecule has 4 N–H and O–H groups in total. The lowest BCUT2D eigenvalue weighted by molar-refractivity contribution is 0.764. The second-order valence-corrected chi connectivity index (χ2v) is 5.07. The van der Waals surface area contributed by atoms with Crippen molar-refractivity contribution in [1.82, 2.24) is 9.97 Å². The average molecular weight is 269 g/mol. The first-order valence-corrected chi connectivity index (χ1v) is 6.95. The van der Waals surface area contributed by atoms with Gasteiger partial charge in [-0.2, -0.15) is 0 Å². The molecular weight excluding hydrogens is 250 g/mol. The third kappa shape index (κ3) is 2.32. The number of benzene rings is 1. The number of aromatic nitrogens is 2. The number of nitrogens with zero attached hydrogens (tertiary/aromatic N) is 2. The zero-order chi connectivity index (χ0) is 13.9. The number of nitrogens with two attached hydrogens (primary N) is 1. The van der Waals surface area contributed by atoms with Crippen molar-refractivity contribution in [2.75, 3.05) is 10.7 Å². The number of hydrazine groups is 1. The molecule has 2 aromatic rings. The van der Waals surface area contributed by atoms with E-state index in [0.717, 1.165) is 30.6 Å². The van der Waals surface area contributed by atoms with E-state index in [2.05, 4.69) is 51.9 Å². The van der Waals surface area contributed by atoms with E-state index in [4.69, 9.17) is 5.84 Å². The second-order valence-electron chi connectivity index (χ2n) is 5.07. The molecule has 20 heavy (non-hydrogen) atoms. The van der Waals surface area contributed by atoms with Gasteiger partial charge in [-0.25, -0.2) is 15.8 Å². The Hall–Kier alpha value is -2.14. The maximum absolute atomic E-state index is 5.50. The minimum Gasteiger partial charge on any atom is -0.366 e. The van der Waals surface area contributed by atoms with E-state index in [1.165, 1.54) is 11.1 Å². The molecule has 3 rings (SSSR count). The van der Waals surface area contributed by atoms with Gasteiger partial charge in [-0.15, -0.1) is 0 Å². The summed E-state index contributed by atoms with van der Waals surface area (Å²) in [4.78, 5) is 8.52. The Morgan fingerprint density at radius 1 is 1.15 bits per heavy atom. The molecule has 5 heteroatoms. The minimum atomic E-state index is 0.387. The van der Waals surface area contributed by atoms with Gasteiger partial charge in [0.2, 0.25) is 0 Å². The Morgan fingerprint density at radius 3 is 2.40 bits per heavy atom. The van der Waals surface area contributed by atoms with E-state index in [9.17, 15) is 0 Å². The molecule has 0 saturated carbocycles. The van der Waals surface area contributed by atoms with Gasteiger partial charge in [0.05, 0.1) is 0 Å². The van der Waals surface area contributed by atoms with Crippen LogP contribution < -0.4 is 16.6 Å². The van der Waals surface area contributed by atoms with Gasteiger partial charge in [-0.1, -0.05) is 31.2 Å². The van der Waals surface area contributed by atoms with Crippen LogP contribution in [0.2, 0.25) is 0 Å². The molecule has 0 bridgehead atoms. The third-order valence-electron chi connectivity index (χ3n) is 3.83. The maximum Gasteiger partial charge on any atom is 0.148 e. The SMILES string of the molecule is CCc1c(NN)ncnc1NC1Cc2ccccc2C1. The summed E-state index contributed by atoms with van der Waals surface area (Å²) in [5.74, 6) is 7.08. The first-order valence-electron chi connectivity index (χ1n) is 6.95. The molecule has 1 aromatic carbocycles. The number of anilines is 2. The molecule has 104 valence electrons. The van der Waals surface area contributed by atoms with Crippen LogP contribution in [0.15, 0.2) is 30.6 Å². The quantitative estimate of drug-likeness (QED) is 0.584. The molecule has 0 saturated heterocycles. The predicted molar refractivity (Wildman–Crippen MR) is 80.5 cm³/mol. The van der Waals surface area contributed by atoms with Crippen molar-refractivity contribution in [3.63, 3.8) is 0 Å². The molecule has 1 aliphatic rings. The van der Waals surface area contributed by atoms with E-state index >= 15 is 0 Å². The van der Waals surface area contributed by atoms with Crippen LogP contribution in [-0.2, 0) is 19.3 Å². The smallest absolute Gasteiger partial charge is 0.148 e. The second kappa shape index (κ2) is 5.46. The molecule has 0 unspecified atom stereocenters. The molecule has 0 atom stereocenters. The molecule has 1 aromatic heterocycles. The summed E-state index contributed by atoms with van der Waals surface area (Å²) in [5, 5.41) is 3.54. The third-order valence-corrected chi connectivity index (χ3v) is 3.83. The van der Waals surface area contributed by atoms with Crippen molar-refractivity contribution < 1.29 is 0 Å². The molecule has 1 heterocycles. The Bertz CT molecular complexity index is 586. The first kappa shape index (κ1) is 12.9. The summed E-state index contributed by atoms with van der Waals surface area (Å²) in [6, 6.07) is 8.98. The topological polar surface area (TPSA) is 75.9 Å². The number of fused-ring (bicyclic) bond motifs is 1. The van der Waals surface area contributed by atoms with E-state index < -0.39 is 0 Å². The Kier molecular flexibility index (Phi) is 3.52. The lowest BCUT2D eigenvalue weighted by Crippen LogP contribution is -2.22. The van der Waals surface area contributed by atoms with Gasteiger partial charge in [0, 0.05) is 11.6 Å². The summed E-state index contributed by atoms with van der Waals surface area (Å²) in [5.41, 5.74) is 6.52. The van der Waals surface area contributed by atoms with Crippen molar-refractivity contribution in [3.8, 4) is 0 Å². The highest BCUT2D eigenvalue weighted by Gasteiger charge is 2.22. The van der Waals surface area contributed by atoms with E-state index in [-0.39, 0.29) is 0 Å². The largest absolute Gasteiger partial charge is 0.366 e.